The zero-order valence-corrected chi connectivity index (χ0v) is 8.62. The summed E-state index contributed by atoms with van der Waals surface area (Å²) in [6.07, 6.45) is 4.54. The van der Waals surface area contributed by atoms with Gasteiger partial charge in [-0.15, -0.1) is 0 Å². The fourth-order valence-electron chi connectivity index (χ4n) is 1.33. The van der Waals surface area contributed by atoms with Crippen molar-refractivity contribution < 1.29 is 4.79 Å². The number of aldehydes is 1. The quantitative estimate of drug-likeness (QED) is 0.553. The molecule has 0 aliphatic heterocycles. The van der Waals surface area contributed by atoms with Crippen LogP contribution in [0, 0.1) is 0 Å². The Hall–Kier alpha value is -1.31. The predicted octanol–water partition coefficient (Wildman–Crippen LogP) is 3.10. The number of carbonyl (C=O) groups is 1. The normalized spacial score (nSPS) is 9.79. The molecule has 0 aliphatic rings. The van der Waals surface area contributed by atoms with Crippen molar-refractivity contribution in [3.63, 3.8) is 0 Å². The van der Waals surface area contributed by atoms with Crippen LogP contribution >= 0.6 is 0 Å². The summed E-state index contributed by atoms with van der Waals surface area (Å²) in [4.78, 5) is 10.5. The maximum atomic E-state index is 10.5. The van der Waals surface area contributed by atoms with Crippen LogP contribution in [0.2, 0.25) is 0 Å². The Bertz CT molecular complexity index is 283. The van der Waals surface area contributed by atoms with Crippen LogP contribution in [-0.4, -0.2) is 12.8 Å². The molecule has 1 aromatic rings. The molecule has 0 bridgehead atoms. The van der Waals surface area contributed by atoms with E-state index in [1.807, 2.05) is 24.3 Å². The molecular formula is C12H17NO. The summed E-state index contributed by atoms with van der Waals surface area (Å²) in [5, 5.41) is 3.30. The average Bonchev–Trinajstić information content (AvgIpc) is 2.25. The lowest BCUT2D eigenvalue weighted by atomic mass is 10.2. The largest absolute Gasteiger partial charge is 0.385 e. The monoisotopic (exact) mass is 191 g/mol. The van der Waals surface area contributed by atoms with E-state index in [9.17, 15) is 4.79 Å². The van der Waals surface area contributed by atoms with Crippen molar-refractivity contribution in [1.29, 1.82) is 0 Å². The fraction of sp³-hybridized carbons (Fsp3) is 0.417. The standard InChI is InChI=1S/C12H17NO/c1-2-3-4-8-13-12-7-5-6-11(9-12)10-14/h5-7,9-10,13H,2-4,8H2,1H3. The van der Waals surface area contributed by atoms with Crippen LogP contribution in [-0.2, 0) is 0 Å². The van der Waals surface area contributed by atoms with Gasteiger partial charge in [0.25, 0.3) is 0 Å². The van der Waals surface area contributed by atoms with E-state index in [0.717, 1.165) is 24.1 Å². The van der Waals surface area contributed by atoms with Gasteiger partial charge in [-0.05, 0) is 18.6 Å². The second-order valence-corrected chi connectivity index (χ2v) is 3.38. The smallest absolute Gasteiger partial charge is 0.150 e. The Morgan fingerprint density at radius 2 is 2.21 bits per heavy atom. The summed E-state index contributed by atoms with van der Waals surface area (Å²) < 4.78 is 0. The first kappa shape index (κ1) is 10.8. The van der Waals surface area contributed by atoms with Crippen molar-refractivity contribution >= 4 is 12.0 Å². The molecule has 76 valence electrons. The molecule has 0 saturated heterocycles. The Labute approximate surface area is 85.3 Å². The summed E-state index contributed by atoms with van der Waals surface area (Å²) in [7, 11) is 0. The van der Waals surface area contributed by atoms with Crippen LogP contribution in [0.4, 0.5) is 5.69 Å². The molecule has 14 heavy (non-hydrogen) atoms. The molecule has 0 aliphatic carbocycles. The minimum Gasteiger partial charge on any atom is -0.385 e. The third-order valence-corrected chi connectivity index (χ3v) is 2.13. The van der Waals surface area contributed by atoms with E-state index < -0.39 is 0 Å². The molecule has 1 rings (SSSR count). The van der Waals surface area contributed by atoms with Gasteiger partial charge in [-0.2, -0.15) is 0 Å². The lowest BCUT2D eigenvalue weighted by molar-refractivity contribution is 0.112. The number of nitrogens with one attached hydrogen (secondary N) is 1. The molecule has 1 N–H and O–H groups in total. The van der Waals surface area contributed by atoms with Gasteiger partial charge in [0.1, 0.15) is 6.29 Å². The summed E-state index contributed by atoms with van der Waals surface area (Å²) in [6, 6.07) is 7.56. The second kappa shape index (κ2) is 6.19. The van der Waals surface area contributed by atoms with Crippen LogP contribution in [0.5, 0.6) is 0 Å². The van der Waals surface area contributed by atoms with Crippen molar-refractivity contribution in [2.75, 3.05) is 11.9 Å². The van der Waals surface area contributed by atoms with Gasteiger partial charge in [-0.25, -0.2) is 0 Å². The molecule has 0 atom stereocenters. The van der Waals surface area contributed by atoms with Gasteiger partial charge < -0.3 is 5.32 Å². The maximum absolute atomic E-state index is 10.5. The second-order valence-electron chi connectivity index (χ2n) is 3.38. The minimum absolute atomic E-state index is 0.727. The minimum atomic E-state index is 0.727. The number of hydrogen-bond acceptors (Lipinski definition) is 2. The van der Waals surface area contributed by atoms with Gasteiger partial charge in [-0.3, -0.25) is 4.79 Å². The van der Waals surface area contributed by atoms with Gasteiger partial charge in [-0.1, -0.05) is 31.9 Å². The van der Waals surface area contributed by atoms with Gasteiger partial charge >= 0.3 is 0 Å². The van der Waals surface area contributed by atoms with E-state index in [2.05, 4.69) is 12.2 Å². The van der Waals surface area contributed by atoms with Crippen molar-refractivity contribution in [3.8, 4) is 0 Å². The predicted molar refractivity (Wildman–Crippen MR) is 59.8 cm³/mol. The highest BCUT2D eigenvalue weighted by Crippen LogP contribution is 2.09. The van der Waals surface area contributed by atoms with Crippen molar-refractivity contribution in [3.05, 3.63) is 29.8 Å². The highest BCUT2D eigenvalue weighted by atomic mass is 16.1. The van der Waals surface area contributed by atoms with E-state index in [1.165, 1.54) is 19.3 Å². The van der Waals surface area contributed by atoms with Gasteiger partial charge in [0.15, 0.2) is 0 Å². The molecule has 0 fully saturated rings. The van der Waals surface area contributed by atoms with Crippen LogP contribution in [0.15, 0.2) is 24.3 Å². The molecule has 2 nitrogen and oxygen atoms in total. The Balaban J connectivity index is 2.38. The van der Waals surface area contributed by atoms with E-state index >= 15 is 0 Å². The van der Waals surface area contributed by atoms with Crippen LogP contribution in [0.25, 0.3) is 0 Å². The Kier molecular flexibility index (Phi) is 4.76. The highest BCUT2D eigenvalue weighted by molar-refractivity contribution is 5.76. The van der Waals surface area contributed by atoms with E-state index in [1.54, 1.807) is 0 Å². The van der Waals surface area contributed by atoms with E-state index in [-0.39, 0.29) is 0 Å². The summed E-state index contributed by atoms with van der Waals surface area (Å²) in [5.74, 6) is 0. The topological polar surface area (TPSA) is 29.1 Å². The van der Waals surface area contributed by atoms with E-state index in [0.29, 0.717) is 0 Å². The zero-order valence-electron chi connectivity index (χ0n) is 8.62. The van der Waals surface area contributed by atoms with Gasteiger partial charge in [0.05, 0.1) is 0 Å². The summed E-state index contributed by atoms with van der Waals surface area (Å²) in [6.45, 7) is 3.17. The number of rotatable bonds is 6. The lowest BCUT2D eigenvalue weighted by Gasteiger charge is -2.05. The summed E-state index contributed by atoms with van der Waals surface area (Å²) in [5.41, 5.74) is 1.76. The average molecular weight is 191 g/mol. The molecular weight excluding hydrogens is 174 g/mol. The SMILES string of the molecule is CCCCCNc1cccc(C=O)c1. The third-order valence-electron chi connectivity index (χ3n) is 2.13. The Morgan fingerprint density at radius 1 is 1.36 bits per heavy atom. The van der Waals surface area contributed by atoms with Crippen LogP contribution < -0.4 is 5.32 Å². The molecule has 1 aromatic carbocycles. The van der Waals surface area contributed by atoms with Crippen molar-refractivity contribution in [1.82, 2.24) is 0 Å². The number of unbranched alkanes of at least 4 members (excludes halogenated alkanes) is 2. The lowest BCUT2D eigenvalue weighted by Crippen LogP contribution is -2.01. The number of carbonyl (C=O) groups excluding carboxylic acids is 1. The maximum Gasteiger partial charge on any atom is 0.150 e. The van der Waals surface area contributed by atoms with Crippen LogP contribution in [0.1, 0.15) is 36.5 Å². The molecule has 0 saturated carbocycles. The molecule has 0 spiro atoms. The zero-order chi connectivity index (χ0) is 10.2. The fourth-order valence-corrected chi connectivity index (χ4v) is 1.33. The first-order valence-electron chi connectivity index (χ1n) is 5.16. The molecule has 0 radical (unpaired) electrons. The molecule has 2 heteroatoms. The first-order chi connectivity index (χ1) is 6.86. The summed E-state index contributed by atoms with van der Waals surface area (Å²) >= 11 is 0. The van der Waals surface area contributed by atoms with Crippen LogP contribution in [0.3, 0.4) is 0 Å². The number of anilines is 1. The van der Waals surface area contributed by atoms with Crippen molar-refractivity contribution in [2.45, 2.75) is 26.2 Å². The molecule has 0 aromatic heterocycles. The van der Waals surface area contributed by atoms with Crippen molar-refractivity contribution in [2.24, 2.45) is 0 Å². The first-order valence-corrected chi connectivity index (χ1v) is 5.16. The molecule has 0 unspecified atom stereocenters. The Morgan fingerprint density at radius 3 is 2.93 bits per heavy atom. The van der Waals surface area contributed by atoms with Gasteiger partial charge in [0, 0.05) is 17.8 Å². The van der Waals surface area contributed by atoms with Gasteiger partial charge in [0.2, 0.25) is 0 Å². The number of hydrogen-bond donors (Lipinski definition) is 1. The molecule has 0 heterocycles. The third kappa shape index (κ3) is 3.60. The highest BCUT2D eigenvalue weighted by Gasteiger charge is 1.93. The number of benzene rings is 1. The molecule has 0 amide bonds. The van der Waals surface area contributed by atoms with E-state index in [4.69, 9.17) is 0 Å².